The van der Waals surface area contributed by atoms with Crippen molar-refractivity contribution in [3.8, 4) is 5.75 Å². The minimum atomic E-state index is 0.461. The van der Waals surface area contributed by atoms with Gasteiger partial charge in [0, 0.05) is 5.56 Å². The number of carbonyl (C=O) groups is 1. The molecule has 0 aliphatic rings. The maximum Gasteiger partial charge on any atom is 0.150 e. The lowest BCUT2D eigenvalue weighted by molar-refractivity contribution is 0.112. The van der Waals surface area contributed by atoms with Crippen LogP contribution in [0.1, 0.15) is 15.9 Å². The fourth-order valence-electron chi connectivity index (χ4n) is 0.994. The molecule has 68 valence electrons. The van der Waals surface area contributed by atoms with E-state index >= 15 is 0 Å². The van der Waals surface area contributed by atoms with Gasteiger partial charge < -0.3 is 4.74 Å². The number of carbonyl (C=O) groups excluding carboxylic acids is 1. The number of hydrogen-bond acceptors (Lipinski definition) is 2. The minimum absolute atomic E-state index is 0.461. The van der Waals surface area contributed by atoms with Crippen molar-refractivity contribution in [2.75, 3.05) is 6.61 Å². The summed E-state index contributed by atoms with van der Waals surface area (Å²) in [6, 6.07) is 5.36. The van der Waals surface area contributed by atoms with Crippen molar-refractivity contribution in [2.45, 2.75) is 6.92 Å². The molecule has 1 rings (SSSR count). The first kappa shape index (κ1) is 9.52. The van der Waals surface area contributed by atoms with Gasteiger partial charge in [-0.05, 0) is 18.6 Å². The van der Waals surface area contributed by atoms with Crippen LogP contribution in [-0.2, 0) is 0 Å². The zero-order valence-electron chi connectivity index (χ0n) is 7.62. The van der Waals surface area contributed by atoms with Crippen molar-refractivity contribution in [3.05, 3.63) is 42.0 Å². The first-order chi connectivity index (χ1) is 6.27. The first-order valence-electron chi connectivity index (χ1n) is 4.07. The number of hydrogen-bond donors (Lipinski definition) is 0. The van der Waals surface area contributed by atoms with Gasteiger partial charge in [-0.15, -0.1) is 0 Å². The largest absolute Gasteiger partial charge is 0.489 e. The van der Waals surface area contributed by atoms with Gasteiger partial charge in [0.1, 0.15) is 18.6 Å². The summed E-state index contributed by atoms with van der Waals surface area (Å²) in [6.07, 6.45) is 2.48. The van der Waals surface area contributed by atoms with Crippen molar-refractivity contribution in [2.24, 2.45) is 0 Å². The van der Waals surface area contributed by atoms with Gasteiger partial charge in [0.05, 0.1) is 0 Å². The summed E-state index contributed by atoms with van der Waals surface area (Å²) in [4.78, 5) is 10.5. The smallest absolute Gasteiger partial charge is 0.150 e. The highest BCUT2D eigenvalue weighted by Crippen LogP contribution is 2.18. The molecule has 0 aliphatic heterocycles. The Labute approximate surface area is 77.8 Å². The van der Waals surface area contributed by atoms with Gasteiger partial charge in [-0.1, -0.05) is 24.8 Å². The third-order valence-corrected chi connectivity index (χ3v) is 1.70. The Balaban J connectivity index is 2.89. The molecule has 0 N–H and O–H groups in total. The lowest BCUT2D eigenvalue weighted by atomic mass is 10.1. The summed E-state index contributed by atoms with van der Waals surface area (Å²) in [6.45, 7) is 5.95. The molecule has 0 radical (unpaired) electrons. The van der Waals surface area contributed by atoms with Crippen molar-refractivity contribution in [1.82, 2.24) is 0 Å². The van der Waals surface area contributed by atoms with Crippen molar-refractivity contribution in [3.63, 3.8) is 0 Å². The molecule has 0 saturated heterocycles. The van der Waals surface area contributed by atoms with Gasteiger partial charge in [-0.2, -0.15) is 0 Å². The number of benzene rings is 1. The van der Waals surface area contributed by atoms with Crippen LogP contribution in [0, 0.1) is 6.92 Å². The Kier molecular flexibility index (Phi) is 3.26. The van der Waals surface area contributed by atoms with Crippen LogP contribution in [0.4, 0.5) is 0 Å². The lowest BCUT2D eigenvalue weighted by Gasteiger charge is -2.06. The van der Waals surface area contributed by atoms with Gasteiger partial charge in [-0.25, -0.2) is 0 Å². The third-order valence-electron chi connectivity index (χ3n) is 1.70. The molecule has 1 aromatic rings. The topological polar surface area (TPSA) is 26.3 Å². The minimum Gasteiger partial charge on any atom is -0.489 e. The first-order valence-corrected chi connectivity index (χ1v) is 4.07. The monoisotopic (exact) mass is 176 g/mol. The zero-order chi connectivity index (χ0) is 9.68. The highest BCUT2D eigenvalue weighted by atomic mass is 16.5. The maximum absolute atomic E-state index is 10.5. The van der Waals surface area contributed by atoms with Crippen LogP contribution in [0.2, 0.25) is 0 Å². The average molecular weight is 176 g/mol. The molecule has 0 unspecified atom stereocenters. The summed E-state index contributed by atoms with van der Waals surface area (Å²) < 4.78 is 5.35. The molecular formula is C11H12O2. The van der Waals surface area contributed by atoms with Gasteiger partial charge in [0.2, 0.25) is 0 Å². The Hall–Kier alpha value is -1.57. The predicted octanol–water partition coefficient (Wildman–Crippen LogP) is 2.37. The van der Waals surface area contributed by atoms with Gasteiger partial charge in [0.25, 0.3) is 0 Å². The highest BCUT2D eigenvalue weighted by Gasteiger charge is 1.99. The third kappa shape index (κ3) is 2.44. The molecule has 0 amide bonds. The van der Waals surface area contributed by atoms with Gasteiger partial charge in [-0.3, -0.25) is 4.79 Å². The lowest BCUT2D eigenvalue weighted by Crippen LogP contribution is -1.95. The fraction of sp³-hybridized carbons (Fsp3) is 0.182. The van der Waals surface area contributed by atoms with Gasteiger partial charge >= 0.3 is 0 Å². The number of ether oxygens (including phenoxy) is 1. The Morgan fingerprint density at radius 2 is 2.31 bits per heavy atom. The molecule has 0 heterocycles. The number of aryl methyl sites for hydroxylation is 1. The second kappa shape index (κ2) is 4.45. The average Bonchev–Trinajstić information content (AvgIpc) is 2.17. The van der Waals surface area contributed by atoms with E-state index in [4.69, 9.17) is 4.74 Å². The van der Waals surface area contributed by atoms with E-state index in [-0.39, 0.29) is 0 Å². The second-order valence-corrected chi connectivity index (χ2v) is 2.74. The van der Waals surface area contributed by atoms with Crippen LogP contribution in [0.25, 0.3) is 0 Å². The van der Waals surface area contributed by atoms with Gasteiger partial charge in [0.15, 0.2) is 0 Å². The van der Waals surface area contributed by atoms with Crippen LogP contribution < -0.4 is 4.74 Å². The predicted molar refractivity (Wildman–Crippen MR) is 52.3 cm³/mol. The van der Waals surface area contributed by atoms with Crippen LogP contribution in [-0.4, -0.2) is 12.9 Å². The Morgan fingerprint density at radius 3 is 2.92 bits per heavy atom. The number of aldehydes is 1. The Bertz CT molecular complexity index is 316. The number of rotatable bonds is 4. The molecule has 0 aromatic heterocycles. The molecule has 0 atom stereocenters. The second-order valence-electron chi connectivity index (χ2n) is 2.74. The zero-order valence-corrected chi connectivity index (χ0v) is 7.62. The van der Waals surface area contributed by atoms with E-state index in [0.717, 1.165) is 17.6 Å². The van der Waals surface area contributed by atoms with E-state index in [1.165, 1.54) is 0 Å². The molecule has 0 saturated carbocycles. The molecule has 0 fully saturated rings. The van der Waals surface area contributed by atoms with Crippen LogP contribution in [0.5, 0.6) is 5.75 Å². The molecule has 0 bridgehead atoms. The molecule has 0 spiro atoms. The quantitative estimate of drug-likeness (QED) is 0.520. The summed E-state index contributed by atoms with van der Waals surface area (Å²) in [7, 11) is 0. The van der Waals surface area contributed by atoms with E-state index in [2.05, 4.69) is 6.58 Å². The normalized spacial score (nSPS) is 9.31. The van der Waals surface area contributed by atoms with Crippen LogP contribution in [0.3, 0.4) is 0 Å². The molecule has 2 heteroatoms. The van der Waals surface area contributed by atoms with E-state index < -0.39 is 0 Å². The SMILES string of the molecule is C=CCOc1cc(C=O)ccc1C. The fourth-order valence-corrected chi connectivity index (χ4v) is 0.994. The van der Waals surface area contributed by atoms with E-state index in [1.807, 2.05) is 13.0 Å². The van der Waals surface area contributed by atoms with Crippen molar-refractivity contribution in [1.29, 1.82) is 0 Å². The van der Waals surface area contributed by atoms with Crippen molar-refractivity contribution >= 4 is 6.29 Å². The summed E-state index contributed by atoms with van der Waals surface area (Å²) in [5.41, 5.74) is 1.65. The standard InChI is InChI=1S/C11H12O2/c1-3-6-13-11-7-10(8-12)5-4-9(11)2/h3-5,7-8H,1,6H2,2H3. The van der Waals surface area contributed by atoms with Crippen LogP contribution >= 0.6 is 0 Å². The van der Waals surface area contributed by atoms with E-state index in [1.54, 1.807) is 18.2 Å². The maximum atomic E-state index is 10.5. The molecule has 1 aromatic carbocycles. The summed E-state index contributed by atoms with van der Waals surface area (Å²) in [5, 5.41) is 0. The van der Waals surface area contributed by atoms with Crippen molar-refractivity contribution < 1.29 is 9.53 Å². The Morgan fingerprint density at radius 1 is 1.54 bits per heavy atom. The van der Waals surface area contributed by atoms with E-state index in [0.29, 0.717) is 12.2 Å². The van der Waals surface area contributed by atoms with Crippen LogP contribution in [0.15, 0.2) is 30.9 Å². The van der Waals surface area contributed by atoms with E-state index in [9.17, 15) is 4.79 Å². The molecule has 13 heavy (non-hydrogen) atoms. The molecular weight excluding hydrogens is 164 g/mol. The summed E-state index contributed by atoms with van der Waals surface area (Å²) in [5.74, 6) is 0.740. The molecule has 0 aliphatic carbocycles. The highest BCUT2D eigenvalue weighted by molar-refractivity contribution is 5.75. The molecule has 2 nitrogen and oxygen atoms in total. The summed E-state index contributed by atoms with van der Waals surface area (Å²) >= 11 is 0.